The average molecular weight is 323 g/mol. The summed E-state index contributed by atoms with van der Waals surface area (Å²) in [6.07, 6.45) is 2.51. The molecule has 0 spiro atoms. The van der Waals surface area contributed by atoms with Crippen molar-refractivity contribution in [3.63, 3.8) is 0 Å². The van der Waals surface area contributed by atoms with E-state index in [1.807, 2.05) is 30.5 Å². The van der Waals surface area contributed by atoms with Crippen molar-refractivity contribution in [2.75, 3.05) is 11.9 Å². The first kappa shape index (κ1) is 15.6. The molecule has 0 aliphatic carbocycles. The lowest BCUT2D eigenvalue weighted by molar-refractivity contribution is -0.136. The molecule has 0 fully saturated rings. The van der Waals surface area contributed by atoms with Gasteiger partial charge in [-0.3, -0.25) is 9.59 Å². The van der Waals surface area contributed by atoms with E-state index in [-0.39, 0.29) is 11.4 Å². The Labute approximate surface area is 138 Å². The van der Waals surface area contributed by atoms with Crippen molar-refractivity contribution in [1.82, 2.24) is 10.3 Å². The molecule has 0 saturated heterocycles. The summed E-state index contributed by atoms with van der Waals surface area (Å²) in [5.74, 6) is -1.63. The van der Waals surface area contributed by atoms with Crippen LogP contribution in [0.3, 0.4) is 0 Å². The number of phenols is 1. The summed E-state index contributed by atoms with van der Waals surface area (Å²) in [6.45, 7) is 0.342. The predicted octanol–water partition coefficient (Wildman–Crippen LogP) is 2.17. The van der Waals surface area contributed by atoms with Crippen molar-refractivity contribution in [2.45, 2.75) is 6.42 Å². The maximum atomic E-state index is 11.8. The van der Waals surface area contributed by atoms with Gasteiger partial charge in [-0.05, 0) is 30.2 Å². The average Bonchev–Trinajstić information content (AvgIpc) is 3.00. The highest BCUT2D eigenvalue weighted by Crippen LogP contribution is 2.21. The Morgan fingerprint density at radius 1 is 1.00 bits per heavy atom. The lowest BCUT2D eigenvalue weighted by atomic mass is 10.1. The third kappa shape index (κ3) is 3.38. The van der Waals surface area contributed by atoms with E-state index in [2.05, 4.69) is 15.6 Å². The number of benzene rings is 2. The zero-order valence-electron chi connectivity index (χ0n) is 12.9. The maximum absolute atomic E-state index is 11.8. The summed E-state index contributed by atoms with van der Waals surface area (Å²) in [5, 5.41) is 15.6. The lowest BCUT2D eigenvalue weighted by Gasteiger charge is -2.07. The van der Waals surface area contributed by atoms with Crippen LogP contribution < -0.4 is 10.6 Å². The number of aromatic nitrogens is 1. The van der Waals surface area contributed by atoms with Crippen LogP contribution in [-0.4, -0.2) is 28.4 Å². The summed E-state index contributed by atoms with van der Waals surface area (Å²) in [7, 11) is 0. The van der Waals surface area contributed by atoms with E-state index in [1.165, 1.54) is 12.1 Å². The second kappa shape index (κ2) is 6.87. The summed E-state index contributed by atoms with van der Waals surface area (Å²) in [6, 6.07) is 14.1. The maximum Gasteiger partial charge on any atom is 0.313 e. The first-order valence-electron chi connectivity index (χ1n) is 7.57. The molecule has 0 atom stereocenters. The molecule has 0 radical (unpaired) electrons. The molecule has 0 saturated carbocycles. The van der Waals surface area contributed by atoms with Gasteiger partial charge in [-0.15, -0.1) is 0 Å². The molecule has 0 aliphatic rings. The van der Waals surface area contributed by atoms with Crippen LogP contribution in [0, 0.1) is 0 Å². The fourth-order valence-corrected chi connectivity index (χ4v) is 2.49. The van der Waals surface area contributed by atoms with Crippen molar-refractivity contribution < 1.29 is 14.7 Å². The van der Waals surface area contributed by atoms with Gasteiger partial charge in [0.05, 0.1) is 5.69 Å². The highest BCUT2D eigenvalue weighted by Gasteiger charge is 2.14. The second-order valence-corrected chi connectivity index (χ2v) is 5.34. The molecular formula is C18H17N3O3. The van der Waals surface area contributed by atoms with Gasteiger partial charge in [0.1, 0.15) is 5.75 Å². The Morgan fingerprint density at radius 2 is 1.75 bits per heavy atom. The van der Waals surface area contributed by atoms with Crippen LogP contribution in [0.15, 0.2) is 54.7 Å². The van der Waals surface area contributed by atoms with Gasteiger partial charge < -0.3 is 20.7 Å². The molecule has 2 amide bonds. The van der Waals surface area contributed by atoms with Gasteiger partial charge in [-0.2, -0.15) is 0 Å². The van der Waals surface area contributed by atoms with Crippen LogP contribution in [0.5, 0.6) is 5.75 Å². The van der Waals surface area contributed by atoms with Gasteiger partial charge in [0, 0.05) is 23.6 Å². The number of phenolic OH excluding ortho intramolecular Hbond substituents is 1. The fourth-order valence-electron chi connectivity index (χ4n) is 2.49. The SMILES string of the molecule is O=C(NCCc1c[nH]c2ccccc12)C(=O)Nc1ccccc1O. The quantitative estimate of drug-likeness (QED) is 0.438. The minimum atomic E-state index is -0.810. The van der Waals surface area contributed by atoms with Crippen molar-refractivity contribution in [3.05, 3.63) is 60.3 Å². The lowest BCUT2D eigenvalue weighted by Crippen LogP contribution is -2.36. The van der Waals surface area contributed by atoms with E-state index >= 15 is 0 Å². The van der Waals surface area contributed by atoms with E-state index in [9.17, 15) is 14.7 Å². The molecule has 0 bridgehead atoms. The third-order valence-electron chi connectivity index (χ3n) is 3.71. The molecule has 1 heterocycles. The zero-order chi connectivity index (χ0) is 16.9. The monoisotopic (exact) mass is 323 g/mol. The largest absolute Gasteiger partial charge is 0.506 e. The number of rotatable bonds is 4. The van der Waals surface area contributed by atoms with Crippen molar-refractivity contribution in [3.8, 4) is 5.75 Å². The molecule has 2 aromatic carbocycles. The number of carbonyl (C=O) groups excluding carboxylic acids is 2. The Bertz CT molecular complexity index is 886. The van der Waals surface area contributed by atoms with Gasteiger partial charge >= 0.3 is 11.8 Å². The summed E-state index contributed by atoms with van der Waals surface area (Å²) in [5.41, 5.74) is 2.32. The molecule has 0 unspecified atom stereocenters. The predicted molar refractivity (Wildman–Crippen MR) is 91.7 cm³/mol. The van der Waals surface area contributed by atoms with Crippen LogP contribution in [0.4, 0.5) is 5.69 Å². The van der Waals surface area contributed by atoms with E-state index in [0.29, 0.717) is 13.0 Å². The molecule has 4 N–H and O–H groups in total. The fraction of sp³-hybridized carbons (Fsp3) is 0.111. The van der Waals surface area contributed by atoms with Crippen LogP contribution in [0.2, 0.25) is 0 Å². The number of para-hydroxylation sites is 3. The Hall–Kier alpha value is -3.28. The standard InChI is InChI=1S/C18H17N3O3/c22-16-8-4-3-7-15(16)21-18(24)17(23)19-10-9-12-11-20-14-6-2-1-5-13(12)14/h1-8,11,20,22H,9-10H2,(H,19,23)(H,21,24). The molecule has 1 aromatic heterocycles. The van der Waals surface area contributed by atoms with Crippen molar-refractivity contribution in [2.24, 2.45) is 0 Å². The molecule has 3 rings (SSSR count). The number of carbonyl (C=O) groups is 2. The smallest absolute Gasteiger partial charge is 0.313 e. The molecule has 24 heavy (non-hydrogen) atoms. The number of H-pyrrole nitrogens is 1. The zero-order valence-corrected chi connectivity index (χ0v) is 12.9. The highest BCUT2D eigenvalue weighted by atomic mass is 16.3. The number of hydrogen-bond donors (Lipinski definition) is 4. The Balaban J connectivity index is 1.54. The number of amides is 2. The first-order chi connectivity index (χ1) is 11.6. The highest BCUT2D eigenvalue weighted by molar-refractivity contribution is 6.39. The second-order valence-electron chi connectivity index (χ2n) is 5.34. The van der Waals surface area contributed by atoms with Crippen LogP contribution >= 0.6 is 0 Å². The number of aromatic hydroxyl groups is 1. The van der Waals surface area contributed by atoms with Gasteiger partial charge in [-0.25, -0.2) is 0 Å². The normalized spacial score (nSPS) is 10.5. The van der Waals surface area contributed by atoms with Gasteiger partial charge in [0.25, 0.3) is 0 Å². The van der Waals surface area contributed by atoms with Gasteiger partial charge in [0.15, 0.2) is 0 Å². The summed E-state index contributed by atoms with van der Waals surface area (Å²) >= 11 is 0. The van der Waals surface area contributed by atoms with E-state index in [1.54, 1.807) is 12.1 Å². The van der Waals surface area contributed by atoms with Crippen LogP contribution in [0.1, 0.15) is 5.56 Å². The molecule has 6 nitrogen and oxygen atoms in total. The van der Waals surface area contributed by atoms with E-state index in [4.69, 9.17) is 0 Å². The van der Waals surface area contributed by atoms with Crippen molar-refractivity contribution in [1.29, 1.82) is 0 Å². The first-order valence-corrected chi connectivity index (χ1v) is 7.57. The number of aromatic amines is 1. The molecule has 122 valence electrons. The number of anilines is 1. The third-order valence-corrected chi connectivity index (χ3v) is 3.71. The van der Waals surface area contributed by atoms with Gasteiger partial charge in [0.2, 0.25) is 0 Å². The van der Waals surface area contributed by atoms with Crippen LogP contribution in [0.25, 0.3) is 10.9 Å². The number of fused-ring (bicyclic) bond motifs is 1. The van der Waals surface area contributed by atoms with E-state index in [0.717, 1.165) is 16.5 Å². The summed E-state index contributed by atoms with van der Waals surface area (Å²) < 4.78 is 0. The number of hydrogen-bond acceptors (Lipinski definition) is 3. The minimum absolute atomic E-state index is 0.0857. The van der Waals surface area contributed by atoms with Crippen LogP contribution in [-0.2, 0) is 16.0 Å². The molecule has 6 heteroatoms. The molecule has 3 aromatic rings. The topological polar surface area (TPSA) is 94.2 Å². The summed E-state index contributed by atoms with van der Waals surface area (Å²) in [4.78, 5) is 26.8. The Morgan fingerprint density at radius 3 is 2.58 bits per heavy atom. The number of nitrogens with one attached hydrogen (secondary N) is 3. The molecule has 0 aliphatic heterocycles. The Kier molecular flexibility index (Phi) is 4.47. The van der Waals surface area contributed by atoms with Crippen molar-refractivity contribution >= 4 is 28.4 Å². The minimum Gasteiger partial charge on any atom is -0.506 e. The van der Waals surface area contributed by atoms with Gasteiger partial charge in [-0.1, -0.05) is 30.3 Å². The van der Waals surface area contributed by atoms with E-state index < -0.39 is 11.8 Å². The molecular weight excluding hydrogens is 306 g/mol.